The molecule has 0 aliphatic carbocycles. The molecule has 2 aromatic heterocycles. The molecule has 2 amide bonds. The number of hydrogen-bond donors (Lipinski definition) is 2. The Labute approximate surface area is 189 Å². The predicted octanol–water partition coefficient (Wildman–Crippen LogP) is 4.49. The Hall–Kier alpha value is -3.96. The second-order valence-electron chi connectivity index (χ2n) is 6.53. The summed E-state index contributed by atoms with van der Waals surface area (Å²) in [5.74, 6) is -0.645. The van der Waals surface area contributed by atoms with Crippen molar-refractivity contribution in [3.63, 3.8) is 0 Å². The van der Waals surface area contributed by atoms with Crippen LogP contribution in [0.5, 0.6) is 0 Å². The summed E-state index contributed by atoms with van der Waals surface area (Å²) in [6, 6.07) is 13.8. The summed E-state index contributed by atoms with van der Waals surface area (Å²) < 4.78 is 0.608. The van der Waals surface area contributed by atoms with Gasteiger partial charge in [-0.3, -0.25) is 25.0 Å². The molecule has 0 atom stereocenters. The number of non-ortho nitro benzene ring substituents is 1. The standard InChI is InChI=1S/C21H15N5O4S2/c27-18(9-6-13-4-2-1-3-5-13)24-20-22-14(12-31-20)10-19(28)25-21-23-16-8-7-15(26(29)30)11-17(16)32-21/h1-9,11-12H,10H2,(H,22,24,27)(H,23,25,28)/b9-6+. The van der Waals surface area contributed by atoms with Gasteiger partial charge in [0.1, 0.15) is 0 Å². The first-order valence-corrected chi connectivity index (χ1v) is 11.0. The highest BCUT2D eigenvalue weighted by Crippen LogP contribution is 2.29. The van der Waals surface area contributed by atoms with E-state index in [9.17, 15) is 19.7 Å². The van der Waals surface area contributed by atoms with E-state index < -0.39 is 4.92 Å². The highest BCUT2D eigenvalue weighted by molar-refractivity contribution is 7.22. The Balaban J connectivity index is 1.33. The first kappa shape index (κ1) is 21.3. The number of aromatic nitrogens is 2. The first-order chi connectivity index (χ1) is 15.5. The molecule has 4 aromatic rings. The summed E-state index contributed by atoms with van der Waals surface area (Å²) in [6.45, 7) is 0. The van der Waals surface area contributed by atoms with Gasteiger partial charge >= 0.3 is 0 Å². The minimum atomic E-state index is -0.479. The lowest BCUT2D eigenvalue weighted by atomic mass is 10.2. The molecule has 0 unspecified atom stereocenters. The van der Waals surface area contributed by atoms with E-state index in [1.807, 2.05) is 30.3 Å². The number of rotatable bonds is 7. The van der Waals surface area contributed by atoms with Crippen LogP contribution in [0.3, 0.4) is 0 Å². The van der Waals surface area contributed by atoms with E-state index in [1.165, 1.54) is 29.5 Å². The number of hydrogen-bond acceptors (Lipinski definition) is 8. The maximum Gasteiger partial charge on any atom is 0.270 e. The number of benzene rings is 2. The minimum absolute atomic E-state index is 0.00228. The number of thiazole rings is 2. The van der Waals surface area contributed by atoms with Crippen LogP contribution in [0.4, 0.5) is 16.0 Å². The van der Waals surface area contributed by atoms with Crippen molar-refractivity contribution in [1.82, 2.24) is 9.97 Å². The summed E-state index contributed by atoms with van der Waals surface area (Å²) in [7, 11) is 0. The van der Waals surface area contributed by atoms with E-state index in [1.54, 1.807) is 17.5 Å². The zero-order valence-electron chi connectivity index (χ0n) is 16.3. The van der Waals surface area contributed by atoms with Crippen LogP contribution in [0.15, 0.2) is 60.0 Å². The monoisotopic (exact) mass is 465 g/mol. The topological polar surface area (TPSA) is 127 Å². The SMILES string of the molecule is O=C(/C=C/c1ccccc1)Nc1nc(CC(=O)Nc2nc3ccc([N+](=O)[O-])cc3s2)cs1. The number of carbonyl (C=O) groups excluding carboxylic acids is 2. The maximum atomic E-state index is 12.3. The van der Waals surface area contributed by atoms with Crippen molar-refractivity contribution in [1.29, 1.82) is 0 Å². The molecular formula is C21H15N5O4S2. The highest BCUT2D eigenvalue weighted by Gasteiger charge is 2.14. The van der Waals surface area contributed by atoms with Crippen molar-refractivity contribution in [2.45, 2.75) is 6.42 Å². The molecule has 32 heavy (non-hydrogen) atoms. The van der Waals surface area contributed by atoms with Crippen molar-refractivity contribution >= 4 is 66.7 Å². The Bertz CT molecular complexity index is 1330. The fourth-order valence-corrected chi connectivity index (χ4v) is 4.37. The average Bonchev–Trinajstić information content (AvgIpc) is 3.38. The maximum absolute atomic E-state index is 12.3. The zero-order chi connectivity index (χ0) is 22.5. The molecule has 0 aliphatic rings. The lowest BCUT2D eigenvalue weighted by Crippen LogP contribution is -2.14. The van der Waals surface area contributed by atoms with Gasteiger partial charge in [0.05, 0.1) is 27.3 Å². The van der Waals surface area contributed by atoms with Crippen molar-refractivity contribution in [3.05, 3.63) is 81.4 Å². The van der Waals surface area contributed by atoms with E-state index in [0.29, 0.717) is 26.2 Å². The Morgan fingerprint density at radius 3 is 2.66 bits per heavy atom. The molecule has 2 N–H and O–H groups in total. The van der Waals surface area contributed by atoms with Crippen molar-refractivity contribution < 1.29 is 14.5 Å². The van der Waals surface area contributed by atoms with E-state index in [0.717, 1.165) is 16.9 Å². The van der Waals surface area contributed by atoms with E-state index in [2.05, 4.69) is 20.6 Å². The fourth-order valence-electron chi connectivity index (χ4n) is 2.74. The van der Waals surface area contributed by atoms with Gasteiger partial charge in [-0.15, -0.1) is 11.3 Å². The lowest BCUT2D eigenvalue weighted by molar-refractivity contribution is -0.384. The summed E-state index contributed by atoms with van der Waals surface area (Å²) in [5, 5.41) is 18.7. The van der Waals surface area contributed by atoms with Gasteiger partial charge in [-0.05, 0) is 17.7 Å². The second-order valence-corrected chi connectivity index (χ2v) is 8.42. The van der Waals surface area contributed by atoms with Gasteiger partial charge in [0.2, 0.25) is 11.8 Å². The number of fused-ring (bicyclic) bond motifs is 1. The molecule has 0 fully saturated rings. The van der Waals surface area contributed by atoms with Gasteiger partial charge in [0.15, 0.2) is 10.3 Å². The first-order valence-electron chi connectivity index (χ1n) is 9.29. The molecule has 160 valence electrons. The number of amides is 2. The number of nitrogens with zero attached hydrogens (tertiary/aromatic N) is 3. The van der Waals surface area contributed by atoms with Crippen molar-refractivity contribution in [3.8, 4) is 0 Å². The normalized spacial score (nSPS) is 11.0. The van der Waals surface area contributed by atoms with Crippen LogP contribution in [-0.2, 0) is 16.0 Å². The molecule has 9 nitrogen and oxygen atoms in total. The number of nitro groups is 1. The summed E-state index contributed by atoms with van der Waals surface area (Å²) in [5.41, 5.74) is 1.95. The quantitative estimate of drug-likeness (QED) is 0.235. The van der Waals surface area contributed by atoms with Gasteiger partial charge < -0.3 is 5.32 Å². The van der Waals surface area contributed by atoms with Crippen LogP contribution < -0.4 is 10.6 Å². The minimum Gasteiger partial charge on any atom is -0.302 e. The number of carbonyl (C=O) groups is 2. The summed E-state index contributed by atoms with van der Waals surface area (Å²) in [6.07, 6.45) is 3.12. The van der Waals surface area contributed by atoms with Crippen LogP contribution in [0.2, 0.25) is 0 Å². The van der Waals surface area contributed by atoms with Gasteiger partial charge in [-0.25, -0.2) is 9.97 Å². The molecule has 2 heterocycles. The Morgan fingerprint density at radius 2 is 1.88 bits per heavy atom. The molecule has 0 saturated carbocycles. The third-order valence-corrected chi connectivity index (χ3v) is 5.92. The van der Waals surface area contributed by atoms with Crippen LogP contribution in [0.25, 0.3) is 16.3 Å². The number of nitro benzene ring substituents is 1. The molecule has 0 saturated heterocycles. The number of nitrogens with one attached hydrogen (secondary N) is 2. The van der Waals surface area contributed by atoms with Gasteiger partial charge in [0, 0.05) is 23.6 Å². The third kappa shape index (κ3) is 5.39. The largest absolute Gasteiger partial charge is 0.302 e. The molecular weight excluding hydrogens is 450 g/mol. The smallest absolute Gasteiger partial charge is 0.270 e. The molecule has 11 heteroatoms. The fraction of sp³-hybridized carbons (Fsp3) is 0.0476. The summed E-state index contributed by atoms with van der Waals surface area (Å²) in [4.78, 5) is 43.3. The van der Waals surface area contributed by atoms with Gasteiger partial charge in [-0.2, -0.15) is 0 Å². The van der Waals surface area contributed by atoms with Crippen LogP contribution in [0, 0.1) is 10.1 Å². The molecule has 2 aromatic carbocycles. The van der Waals surface area contributed by atoms with Gasteiger partial charge in [0.25, 0.3) is 5.69 Å². The molecule has 0 aliphatic heterocycles. The van der Waals surface area contributed by atoms with E-state index in [-0.39, 0.29) is 23.9 Å². The Kier molecular flexibility index (Phi) is 6.29. The lowest BCUT2D eigenvalue weighted by Gasteiger charge is -1.99. The predicted molar refractivity (Wildman–Crippen MR) is 125 cm³/mol. The molecule has 0 radical (unpaired) electrons. The average molecular weight is 466 g/mol. The Morgan fingerprint density at radius 1 is 1.06 bits per heavy atom. The van der Waals surface area contributed by atoms with E-state index in [4.69, 9.17) is 0 Å². The third-order valence-electron chi connectivity index (χ3n) is 4.18. The van der Waals surface area contributed by atoms with Gasteiger partial charge in [-0.1, -0.05) is 41.7 Å². The van der Waals surface area contributed by atoms with Crippen LogP contribution in [-0.4, -0.2) is 26.7 Å². The molecule has 0 bridgehead atoms. The van der Waals surface area contributed by atoms with Crippen LogP contribution in [0.1, 0.15) is 11.3 Å². The number of anilines is 2. The summed E-state index contributed by atoms with van der Waals surface area (Å²) >= 11 is 2.38. The zero-order valence-corrected chi connectivity index (χ0v) is 18.0. The van der Waals surface area contributed by atoms with Crippen molar-refractivity contribution in [2.75, 3.05) is 10.6 Å². The highest BCUT2D eigenvalue weighted by atomic mass is 32.1. The van der Waals surface area contributed by atoms with Crippen LogP contribution >= 0.6 is 22.7 Å². The molecule has 0 spiro atoms. The second kappa shape index (κ2) is 9.45. The van der Waals surface area contributed by atoms with Crippen molar-refractivity contribution in [2.24, 2.45) is 0 Å². The molecule has 4 rings (SSSR count). The van der Waals surface area contributed by atoms with E-state index >= 15 is 0 Å².